The van der Waals surface area contributed by atoms with Crippen molar-refractivity contribution < 1.29 is 13.4 Å². The maximum absolute atomic E-state index is 12.0. The Hall–Kier alpha value is -0.250. The van der Waals surface area contributed by atoms with E-state index in [0.29, 0.717) is 6.42 Å². The second kappa shape index (κ2) is 5.53. The summed E-state index contributed by atoms with van der Waals surface area (Å²) in [5.41, 5.74) is 0. The van der Waals surface area contributed by atoms with Gasteiger partial charge in [-0.3, -0.25) is 0 Å². The highest BCUT2D eigenvalue weighted by Gasteiger charge is 2.14. The van der Waals surface area contributed by atoms with E-state index in [1.807, 2.05) is 6.92 Å². The molecule has 0 aliphatic rings. The van der Waals surface area contributed by atoms with Gasteiger partial charge < -0.3 is 0 Å². The zero-order valence-corrected chi connectivity index (χ0v) is 5.99. The smallest absolute Gasteiger partial charge is 0.212 e. The zero-order valence-electron chi connectivity index (χ0n) is 5.99. The van der Waals surface area contributed by atoms with Crippen LogP contribution in [0.15, 0.2) is 0 Å². The first-order chi connectivity index (χ1) is 4.68. The number of alkyl halides is 1. The highest BCUT2D eigenvalue weighted by molar-refractivity contribution is 4.46. The van der Waals surface area contributed by atoms with E-state index in [2.05, 4.69) is 0 Å². The van der Waals surface area contributed by atoms with Crippen LogP contribution in [0.1, 0.15) is 32.6 Å². The van der Waals surface area contributed by atoms with Crippen molar-refractivity contribution >= 4 is 0 Å². The van der Waals surface area contributed by atoms with Crippen molar-refractivity contribution in [3.8, 4) is 0 Å². The van der Waals surface area contributed by atoms with Gasteiger partial charge in [-0.1, -0.05) is 28.7 Å². The van der Waals surface area contributed by atoms with Gasteiger partial charge in [0.15, 0.2) is 0 Å². The summed E-state index contributed by atoms with van der Waals surface area (Å²) in [6.07, 6.45) is 0.120. The number of halogens is 3. The van der Waals surface area contributed by atoms with Gasteiger partial charge in [0.05, 0.1) is 5.34 Å². The van der Waals surface area contributed by atoms with Gasteiger partial charge in [0.25, 0.3) is 0 Å². The van der Waals surface area contributed by atoms with Crippen LogP contribution in [0.5, 0.6) is 0 Å². The van der Waals surface area contributed by atoms with Gasteiger partial charge in [0.1, 0.15) is 0 Å². The molecule has 0 aromatic carbocycles. The predicted molar refractivity (Wildman–Crippen MR) is 33.1 cm³/mol. The van der Waals surface area contributed by atoms with E-state index in [-0.39, 0.29) is 6.42 Å². The number of hydrogen-bond acceptors (Lipinski definition) is 1. The summed E-state index contributed by atoms with van der Waals surface area (Å²) in [5.74, 6) is 0. The van der Waals surface area contributed by atoms with Crippen molar-refractivity contribution in [3.63, 3.8) is 0 Å². The summed E-state index contributed by atoms with van der Waals surface area (Å²) in [4.78, 5) is 0. The third-order valence-corrected chi connectivity index (χ3v) is 1.26. The largest absolute Gasteiger partial charge is 0.224 e. The van der Waals surface area contributed by atoms with Crippen molar-refractivity contribution in [2.45, 2.75) is 38.9 Å². The van der Waals surface area contributed by atoms with Gasteiger partial charge >= 0.3 is 0 Å². The predicted octanol–water partition coefficient (Wildman–Crippen LogP) is 2.93. The first-order valence-electron chi connectivity index (χ1n) is 3.43. The van der Waals surface area contributed by atoms with Gasteiger partial charge in [-0.15, -0.1) is 0 Å². The molecule has 1 atom stereocenters. The van der Waals surface area contributed by atoms with Crippen molar-refractivity contribution in [3.05, 3.63) is 0 Å². The molecule has 1 unspecified atom stereocenters. The lowest BCUT2D eigenvalue weighted by Gasteiger charge is -2.05. The summed E-state index contributed by atoms with van der Waals surface area (Å²) in [5, 5.41) is -1.38. The van der Waals surface area contributed by atoms with E-state index in [0.717, 1.165) is 12.8 Å². The molecule has 0 saturated carbocycles. The topological polar surface area (TPSA) is 3.24 Å². The molecule has 0 aliphatic carbocycles. The molecule has 0 heterocycles. The van der Waals surface area contributed by atoms with E-state index in [9.17, 15) is 13.4 Å². The first-order valence-corrected chi connectivity index (χ1v) is 3.43. The molecule has 0 amide bonds. The molecule has 10 heavy (non-hydrogen) atoms. The molecule has 1 nitrogen and oxygen atoms in total. The lowest BCUT2D eigenvalue weighted by Crippen LogP contribution is -2.14. The molecule has 0 aliphatic heterocycles. The lowest BCUT2D eigenvalue weighted by molar-refractivity contribution is -0.225. The van der Waals surface area contributed by atoms with E-state index in [4.69, 9.17) is 0 Å². The Balaban J connectivity index is 3.13. The Kier molecular flexibility index (Phi) is 5.39. The highest BCUT2D eigenvalue weighted by atomic mass is 19.4. The van der Waals surface area contributed by atoms with Crippen LogP contribution in [0.4, 0.5) is 13.4 Å². The third kappa shape index (κ3) is 4.61. The Morgan fingerprint density at radius 2 is 1.90 bits per heavy atom. The lowest BCUT2D eigenvalue weighted by atomic mass is 10.2. The molecule has 4 heteroatoms. The van der Waals surface area contributed by atoms with E-state index in [1.54, 1.807) is 0 Å². The summed E-state index contributed by atoms with van der Waals surface area (Å²) in [6.45, 7) is 1.94. The van der Waals surface area contributed by atoms with E-state index >= 15 is 0 Å². The van der Waals surface area contributed by atoms with Crippen LogP contribution in [-0.4, -0.2) is 11.6 Å². The average molecular weight is 155 g/mol. The standard InChI is InChI=1S/C6H12F3N/c1-2-3-4-5-6(7)10(8)9/h6H,2-5H2,1H3. The molecule has 0 radical (unpaired) electrons. The molecule has 0 fully saturated rings. The molecule has 0 bridgehead atoms. The molecule has 0 aromatic rings. The first kappa shape index (κ1) is 9.75. The molecular formula is C6H12F3N. The molecule has 0 saturated heterocycles. The van der Waals surface area contributed by atoms with Crippen molar-refractivity contribution in [1.29, 1.82) is 0 Å². The summed E-state index contributed by atoms with van der Waals surface area (Å²) < 4.78 is 34.7. The molecule has 62 valence electrons. The molecule has 0 aromatic heterocycles. The van der Waals surface area contributed by atoms with E-state index < -0.39 is 11.6 Å². The normalized spacial score (nSPS) is 14.1. The Morgan fingerprint density at radius 3 is 2.30 bits per heavy atom. The summed E-state index contributed by atoms with van der Waals surface area (Å²) >= 11 is 0. The fraction of sp³-hybridized carbons (Fsp3) is 1.00. The van der Waals surface area contributed by atoms with Gasteiger partial charge in [-0.25, -0.2) is 4.39 Å². The minimum Gasteiger partial charge on any atom is -0.224 e. The monoisotopic (exact) mass is 155 g/mol. The number of hydrogen-bond donors (Lipinski definition) is 0. The van der Waals surface area contributed by atoms with Gasteiger partial charge in [-0.2, -0.15) is 0 Å². The molecule has 0 rings (SSSR count). The number of rotatable bonds is 5. The van der Waals surface area contributed by atoms with Crippen LogP contribution in [0.2, 0.25) is 0 Å². The van der Waals surface area contributed by atoms with Crippen molar-refractivity contribution in [2.75, 3.05) is 0 Å². The summed E-state index contributed by atoms with van der Waals surface area (Å²) in [6, 6.07) is 0. The van der Waals surface area contributed by atoms with Crippen molar-refractivity contribution in [1.82, 2.24) is 5.34 Å². The molecular weight excluding hydrogens is 143 g/mol. The third-order valence-electron chi connectivity index (χ3n) is 1.26. The summed E-state index contributed by atoms with van der Waals surface area (Å²) in [7, 11) is 0. The van der Waals surface area contributed by atoms with Crippen LogP contribution in [0, 0.1) is 0 Å². The van der Waals surface area contributed by atoms with Gasteiger partial charge in [0.2, 0.25) is 6.30 Å². The van der Waals surface area contributed by atoms with Crippen LogP contribution in [0.25, 0.3) is 0 Å². The van der Waals surface area contributed by atoms with Gasteiger partial charge in [-0.05, 0) is 12.8 Å². The highest BCUT2D eigenvalue weighted by Crippen LogP contribution is 2.11. The average Bonchev–Trinajstić information content (AvgIpc) is 1.88. The van der Waals surface area contributed by atoms with Crippen LogP contribution < -0.4 is 0 Å². The number of nitrogens with zero attached hydrogens (tertiary/aromatic N) is 1. The van der Waals surface area contributed by atoms with Crippen LogP contribution >= 0.6 is 0 Å². The minimum absolute atomic E-state index is 0.0686. The maximum Gasteiger partial charge on any atom is 0.212 e. The van der Waals surface area contributed by atoms with Crippen molar-refractivity contribution in [2.24, 2.45) is 0 Å². The fourth-order valence-corrected chi connectivity index (χ4v) is 0.660. The van der Waals surface area contributed by atoms with Gasteiger partial charge in [0, 0.05) is 0 Å². The quantitative estimate of drug-likeness (QED) is 0.335. The maximum atomic E-state index is 12.0. The SMILES string of the molecule is CCCCCC(F)N(F)F. The van der Waals surface area contributed by atoms with Crippen LogP contribution in [0.3, 0.4) is 0 Å². The molecule has 0 spiro atoms. The Morgan fingerprint density at radius 1 is 1.30 bits per heavy atom. The Bertz CT molecular complexity index is 77.4. The zero-order chi connectivity index (χ0) is 7.98. The minimum atomic E-state index is -2.08. The van der Waals surface area contributed by atoms with E-state index in [1.165, 1.54) is 0 Å². The molecule has 0 N–H and O–H groups in total. The second-order valence-corrected chi connectivity index (χ2v) is 2.19. The Labute approximate surface area is 58.7 Å². The van der Waals surface area contributed by atoms with Crippen LogP contribution in [-0.2, 0) is 0 Å². The fourth-order valence-electron chi connectivity index (χ4n) is 0.660. The number of unbranched alkanes of at least 4 members (excludes halogenated alkanes) is 2. The second-order valence-electron chi connectivity index (χ2n) is 2.19.